The molecule has 0 radical (unpaired) electrons. The monoisotopic (exact) mass is 303 g/mol. The molecule has 0 saturated carbocycles. The average Bonchev–Trinajstić information content (AvgIpc) is 2.52. The summed E-state index contributed by atoms with van der Waals surface area (Å²) in [6.07, 6.45) is 0. The minimum Gasteiger partial charge on any atom is -0.484 e. The largest absolute Gasteiger partial charge is 0.484 e. The number of halogens is 1. The maximum absolute atomic E-state index is 13.0. The van der Waals surface area contributed by atoms with Crippen molar-refractivity contribution >= 4 is 17.6 Å². The summed E-state index contributed by atoms with van der Waals surface area (Å²) in [5.74, 6) is -1.10. The van der Waals surface area contributed by atoms with Gasteiger partial charge >= 0.3 is 5.97 Å². The van der Waals surface area contributed by atoms with Crippen LogP contribution in [0, 0.1) is 5.82 Å². The number of hydrogen-bond acceptors (Lipinski definition) is 4. The van der Waals surface area contributed by atoms with Crippen molar-refractivity contribution < 1.29 is 23.5 Å². The first kappa shape index (κ1) is 15.5. The van der Waals surface area contributed by atoms with Crippen LogP contribution in [-0.4, -0.2) is 25.6 Å². The number of nitrogens with one attached hydrogen (secondary N) is 1. The Morgan fingerprint density at radius 2 is 1.91 bits per heavy atom. The molecule has 0 aliphatic rings. The van der Waals surface area contributed by atoms with Crippen molar-refractivity contribution in [3.8, 4) is 5.75 Å². The SMILES string of the molecule is COC(=O)c1cccc(NC(=O)COc2cccc(F)c2)c1. The van der Waals surface area contributed by atoms with Gasteiger partial charge in [0, 0.05) is 11.8 Å². The van der Waals surface area contributed by atoms with E-state index in [0.29, 0.717) is 11.3 Å². The summed E-state index contributed by atoms with van der Waals surface area (Å²) in [5, 5.41) is 2.58. The van der Waals surface area contributed by atoms with Gasteiger partial charge in [-0.15, -0.1) is 0 Å². The molecule has 0 saturated heterocycles. The summed E-state index contributed by atoms with van der Waals surface area (Å²) in [4.78, 5) is 23.2. The lowest BCUT2D eigenvalue weighted by Gasteiger charge is -2.08. The smallest absolute Gasteiger partial charge is 0.337 e. The summed E-state index contributed by atoms with van der Waals surface area (Å²) < 4.78 is 22.7. The summed E-state index contributed by atoms with van der Waals surface area (Å²) >= 11 is 0. The Morgan fingerprint density at radius 3 is 2.64 bits per heavy atom. The lowest BCUT2D eigenvalue weighted by molar-refractivity contribution is -0.118. The van der Waals surface area contributed by atoms with Crippen molar-refractivity contribution in [2.24, 2.45) is 0 Å². The second-order valence-electron chi connectivity index (χ2n) is 4.37. The van der Waals surface area contributed by atoms with Crippen LogP contribution in [0.4, 0.5) is 10.1 Å². The molecule has 0 bridgehead atoms. The highest BCUT2D eigenvalue weighted by atomic mass is 19.1. The van der Waals surface area contributed by atoms with Gasteiger partial charge in [0.15, 0.2) is 6.61 Å². The standard InChI is InChI=1S/C16H14FNO4/c1-21-16(20)11-4-2-6-13(8-11)18-15(19)10-22-14-7-3-5-12(17)9-14/h2-9H,10H2,1H3,(H,18,19). The molecule has 0 heterocycles. The third kappa shape index (κ3) is 4.31. The molecule has 1 N–H and O–H groups in total. The zero-order chi connectivity index (χ0) is 15.9. The fourth-order valence-electron chi connectivity index (χ4n) is 1.74. The highest BCUT2D eigenvalue weighted by Gasteiger charge is 2.08. The lowest BCUT2D eigenvalue weighted by atomic mass is 10.2. The van der Waals surface area contributed by atoms with Crippen LogP contribution in [0.15, 0.2) is 48.5 Å². The highest BCUT2D eigenvalue weighted by Crippen LogP contribution is 2.13. The molecule has 2 aromatic carbocycles. The van der Waals surface area contributed by atoms with E-state index >= 15 is 0 Å². The van der Waals surface area contributed by atoms with Gasteiger partial charge in [-0.2, -0.15) is 0 Å². The maximum atomic E-state index is 13.0. The van der Waals surface area contributed by atoms with Gasteiger partial charge in [0.25, 0.3) is 5.91 Å². The number of ether oxygens (including phenoxy) is 2. The molecule has 114 valence electrons. The summed E-state index contributed by atoms with van der Waals surface area (Å²) in [6, 6.07) is 11.8. The van der Waals surface area contributed by atoms with Gasteiger partial charge in [-0.05, 0) is 30.3 Å². The minimum atomic E-state index is -0.493. The Hall–Kier alpha value is -2.89. The van der Waals surface area contributed by atoms with Gasteiger partial charge < -0.3 is 14.8 Å². The van der Waals surface area contributed by atoms with E-state index in [1.165, 1.54) is 31.4 Å². The number of esters is 1. The van der Waals surface area contributed by atoms with E-state index in [2.05, 4.69) is 10.1 Å². The predicted molar refractivity (Wildman–Crippen MR) is 78.3 cm³/mol. The number of carbonyl (C=O) groups excluding carboxylic acids is 2. The van der Waals surface area contributed by atoms with Crippen LogP contribution >= 0.6 is 0 Å². The van der Waals surface area contributed by atoms with Crippen molar-refractivity contribution in [3.05, 3.63) is 59.9 Å². The van der Waals surface area contributed by atoms with E-state index in [9.17, 15) is 14.0 Å². The quantitative estimate of drug-likeness (QED) is 0.862. The Balaban J connectivity index is 1.93. The van der Waals surface area contributed by atoms with E-state index in [1.807, 2.05) is 0 Å². The molecule has 0 aliphatic heterocycles. The van der Waals surface area contributed by atoms with E-state index in [1.54, 1.807) is 24.3 Å². The molecule has 0 aliphatic carbocycles. The van der Waals surface area contributed by atoms with E-state index in [-0.39, 0.29) is 12.4 Å². The Morgan fingerprint density at radius 1 is 1.14 bits per heavy atom. The van der Waals surface area contributed by atoms with Crippen molar-refractivity contribution in [2.75, 3.05) is 19.0 Å². The fourth-order valence-corrected chi connectivity index (χ4v) is 1.74. The molecule has 0 unspecified atom stereocenters. The molecule has 0 spiro atoms. The topological polar surface area (TPSA) is 64.6 Å². The highest BCUT2D eigenvalue weighted by molar-refractivity contribution is 5.95. The molecule has 2 aromatic rings. The van der Waals surface area contributed by atoms with Crippen molar-refractivity contribution in [3.63, 3.8) is 0 Å². The van der Waals surface area contributed by atoms with Crippen LogP contribution in [0.1, 0.15) is 10.4 Å². The van der Waals surface area contributed by atoms with E-state index in [0.717, 1.165) is 0 Å². The number of amides is 1. The third-order valence-electron chi connectivity index (χ3n) is 2.73. The Bertz CT molecular complexity index is 687. The molecule has 0 aromatic heterocycles. The molecule has 22 heavy (non-hydrogen) atoms. The second kappa shape index (κ2) is 7.21. The van der Waals surface area contributed by atoms with Crippen molar-refractivity contribution in [1.82, 2.24) is 0 Å². The van der Waals surface area contributed by atoms with Crippen LogP contribution in [-0.2, 0) is 9.53 Å². The number of anilines is 1. The molecular formula is C16H14FNO4. The normalized spacial score (nSPS) is 9.91. The van der Waals surface area contributed by atoms with Gasteiger partial charge in [-0.1, -0.05) is 12.1 Å². The van der Waals surface area contributed by atoms with Gasteiger partial charge in [0.1, 0.15) is 11.6 Å². The lowest BCUT2D eigenvalue weighted by Crippen LogP contribution is -2.20. The molecule has 2 rings (SSSR count). The molecule has 0 fully saturated rings. The molecular weight excluding hydrogens is 289 g/mol. The van der Waals surface area contributed by atoms with E-state index < -0.39 is 17.7 Å². The number of methoxy groups -OCH3 is 1. The first-order chi connectivity index (χ1) is 10.6. The van der Waals surface area contributed by atoms with Crippen molar-refractivity contribution in [2.45, 2.75) is 0 Å². The zero-order valence-corrected chi connectivity index (χ0v) is 11.8. The molecule has 6 heteroatoms. The van der Waals surface area contributed by atoms with Gasteiger partial charge in [-0.3, -0.25) is 4.79 Å². The molecule has 1 amide bonds. The van der Waals surface area contributed by atoms with Gasteiger partial charge in [0.2, 0.25) is 0 Å². The Kier molecular flexibility index (Phi) is 5.08. The predicted octanol–water partition coefficient (Wildman–Crippen LogP) is 2.63. The fraction of sp³-hybridized carbons (Fsp3) is 0.125. The number of carbonyl (C=O) groups is 2. The second-order valence-corrected chi connectivity index (χ2v) is 4.37. The Labute approximate surface area is 126 Å². The van der Waals surface area contributed by atoms with Crippen LogP contribution in [0.2, 0.25) is 0 Å². The number of benzene rings is 2. The maximum Gasteiger partial charge on any atom is 0.337 e. The first-order valence-corrected chi connectivity index (χ1v) is 6.45. The van der Waals surface area contributed by atoms with Gasteiger partial charge in [0.05, 0.1) is 12.7 Å². The number of hydrogen-bond donors (Lipinski definition) is 1. The first-order valence-electron chi connectivity index (χ1n) is 6.45. The summed E-state index contributed by atoms with van der Waals surface area (Å²) in [7, 11) is 1.28. The van der Waals surface area contributed by atoms with Crippen molar-refractivity contribution in [1.29, 1.82) is 0 Å². The average molecular weight is 303 g/mol. The zero-order valence-electron chi connectivity index (χ0n) is 11.8. The van der Waals surface area contributed by atoms with Crippen LogP contribution in [0.25, 0.3) is 0 Å². The third-order valence-corrected chi connectivity index (χ3v) is 2.73. The molecule has 0 atom stereocenters. The minimum absolute atomic E-state index is 0.262. The molecule has 5 nitrogen and oxygen atoms in total. The number of rotatable bonds is 5. The van der Waals surface area contributed by atoms with Crippen LogP contribution < -0.4 is 10.1 Å². The summed E-state index contributed by atoms with van der Waals surface area (Å²) in [6.45, 7) is -0.272. The van der Waals surface area contributed by atoms with E-state index in [4.69, 9.17) is 4.74 Å². The van der Waals surface area contributed by atoms with Gasteiger partial charge in [-0.25, -0.2) is 9.18 Å². The van der Waals surface area contributed by atoms with Crippen LogP contribution in [0.5, 0.6) is 5.75 Å². The van der Waals surface area contributed by atoms with Crippen LogP contribution in [0.3, 0.4) is 0 Å². The summed E-state index contributed by atoms with van der Waals surface area (Å²) in [5.41, 5.74) is 0.766.